The summed E-state index contributed by atoms with van der Waals surface area (Å²) in [6.07, 6.45) is 1.61. The zero-order chi connectivity index (χ0) is 11.8. The molecule has 3 aromatic rings. The molecule has 2 aromatic heterocycles. The number of fused-ring (bicyclic) bond motifs is 1. The molecule has 7 heteroatoms. The maximum absolute atomic E-state index is 10.8. The Labute approximate surface area is 99.1 Å². The van der Waals surface area contributed by atoms with Crippen molar-refractivity contribution in [3.05, 3.63) is 30.0 Å². The standard InChI is InChI=1S/C10H6N4O2S/c15-10(16)5-1-2-6-7(3-5)13-9(12-6)8-4-11-14-17-8/h1-4H,(H,12,13)(H,15,16). The zero-order valence-corrected chi connectivity index (χ0v) is 9.23. The van der Waals surface area contributed by atoms with Crippen molar-refractivity contribution in [1.29, 1.82) is 0 Å². The van der Waals surface area contributed by atoms with Crippen molar-refractivity contribution in [2.45, 2.75) is 0 Å². The Morgan fingerprint density at radius 2 is 2.29 bits per heavy atom. The Morgan fingerprint density at radius 3 is 3.00 bits per heavy atom. The summed E-state index contributed by atoms with van der Waals surface area (Å²) in [5.74, 6) is -0.306. The number of H-pyrrole nitrogens is 1. The number of carboxylic acids is 1. The second kappa shape index (κ2) is 3.63. The fourth-order valence-electron chi connectivity index (χ4n) is 1.53. The average molecular weight is 246 g/mol. The number of aromatic carboxylic acids is 1. The van der Waals surface area contributed by atoms with Crippen molar-refractivity contribution >= 4 is 28.5 Å². The minimum Gasteiger partial charge on any atom is -0.478 e. The molecule has 0 aliphatic heterocycles. The summed E-state index contributed by atoms with van der Waals surface area (Å²) in [5.41, 5.74) is 1.64. The van der Waals surface area contributed by atoms with Gasteiger partial charge in [0.05, 0.1) is 22.8 Å². The molecule has 0 aliphatic carbocycles. The molecule has 0 saturated heterocycles. The van der Waals surface area contributed by atoms with Gasteiger partial charge in [-0.15, -0.1) is 5.10 Å². The average Bonchev–Trinajstić information content (AvgIpc) is 2.96. The Kier molecular flexibility index (Phi) is 2.12. The molecule has 0 atom stereocenters. The largest absolute Gasteiger partial charge is 0.478 e. The maximum Gasteiger partial charge on any atom is 0.335 e. The predicted octanol–water partition coefficient (Wildman–Crippen LogP) is 1.78. The summed E-state index contributed by atoms with van der Waals surface area (Å²) < 4.78 is 3.75. The van der Waals surface area contributed by atoms with Gasteiger partial charge in [0, 0.05) is 0 Å². The van der Waals surface area contributed by atoms with Crippen molar-refractivity contribution in [3.8, 4) is 10.7 Å². The highest BCUT2D eigenvalue weighted by molar-refractivity contribution is 7.09. The third-order valence-electron chi connectivity index (χ3n) is 2.32. The lowest BCUT2D eigenvalue weighted by Gasteiger charge is -1.92. The van der Waals surface area contributed by atoms with E-state index in [0.29, 0.717) is 11.3 Å². The van der Waals surface area contributed by atoms with Crippen LogP contribution in [-0.4, -0.2) is 30.6 Å². The molecule has 84 valence electrons. The van der Waals surface area contributed by atoms with Crippen LogP contribution in [0.1, 0.15) is 10.4 Å². The number of nitrogens with one attached hydrogen (secondary N) is 1. The van der Waals surface area contributed by atoms with Gasteiger partial charge in [-0.3, -0.25) is 0 Å². The number of carboxylic acid groups (broad SMARTS) is 1. The monoisotopic (exact) mass is 246 g/mol. The maximum atomic E-state index is 10.8. The van der Waals surface area contributed by atoms with E-state index >= 15 is 0 Å². The predicted molar refractivity (Wildman–Crippen MR) is 62.0 cm³/mol. The van der Waals surface area contributed by atoms with Gasteiger partial charge in [-0.05, 0) is 29.7 Å². The Morgan fingerprint density at radius 1 is 1.41 bits per heavy atom. The van der Waals surface area contributed by atoms with Crippen molar-refractivity contribution in [3.63, 3.8) is 0 Å². The normalized spacial score (nSPS) is 10.8. The topological polar surface area (TPSA) is 91.8 Å². The van der Waals surface area contributed by atoms with E-state index in [0.717, 1.165) is 10.4 Å². The molecule has 3 rings (SSSR count). The minimum absolute atomic E-state index is 0.232. The second-order valence-electron chi connectivity index (χ2n) is 3.40. The van der Waals surface area contributed by atoms with Crippen LogP contribution < -0.4 is 0 Å². The fourth-order valence-corrected chi connectivity index (χ4v) is 1.99. The first kappa shape index (κ1) is 9.91. The molecule has 0 fully saturated rings. The number of carbonyl (C=O) groups is 1. The number of aromatic nitrogens is 4. The van der Waals surface area contributed by atoms with Crippen LogP contribution in [0.25, 0.3) is 21.7 Å². The molecule has 0 radical (unpaired) electrons. The van der Waals surface area contributed by atoms with Crippen molar-refractivity contribution in [1.82, 2.24) is 19.6 Å². The molecule has 1 aromatic carbocycles. The van der Waals surface area contributed by atoms with Gasteiger partial charge in [0.25, 0.3) is 0 Å². The number of hydrogen-bond donors (Lipinski definition) is 2. The third kappa shape index (κ3) is 1.66. The smallest absolute Gasteiger partial charge is 0.335 e. The minimum atomic E-state index is -0.956. The number of nitrogens with zero attached hydrogens (tertiary/aromatic N) is 3. The zero-order valence-electron chi connectivity index (χ0n) is 8.41. The number of hydrogen-bond acceptors (Lipinski definition) is 5. The SMILES string of the molecule is O=C(O)c1ccc2nc(-c3cnns3)[nH]c2c1. The molecule has 2 heterocycles. The van der Waals surface area contributed by atoms with Crippen LogP contribution in [0.3, 0.4) is 0 Å². The van der Waals surface area contributed by atoms with E-state index in [4.69, 9.17) is 5.11 Å². The van der Waals surface area contributed by atoms with Gasteiger partial charge in [0.1, 0.15) is 4.88 Å². The fraction of sp³-hybridized carbons (Fsp3) is 0. The summed E-state index contributed by atoms with van der Waals surface area (Å²) in [7, 11) is 0. The lowest BCUT2D eigenvalue weighted by atomic mass is 10.2. The first-order valence-electron chi connectivity index (χ1n) is 4.75. The van der Waals surface area contributed by atoms with Crippen LogP contribution in [-0.2, 0) is 0 Å². The van der Waals surface area contributed by atoms with Gasteiger partial charge in [-0.1, -0.05) is 4.49 Å². The van der Waals surface area contributed by atoms with E-state index in [2.05, 4.69) is 19.6 Å². The van der Waals surface area contributed by atoms with Gasteiger partial charge in [0.2, 0.25) is 0 Å². The van der Waals surface area contributed by atoms with Gasteiger partial charge in [0.15, 0.2) is 5.82 Å². The Bertz CT molecular complexity index is 689. The molecule has 6 nitrogen and oxygen atoms in total. The van der Waals surface area contributed by atoms with Crippen molar-refractivity contribution in [2.24, 2.45) is 0 Å². The second-order valence-corrected chi connectivity index (χ2v) is 4.19. The molecular formula is C10H6N4O2S. The lowest BCUT2D eigenvalue weighted by molar-refractivity contribution is 0.0697. The highest BCUT2D eigenvalue weighted by Gasteiger charge is 2.09. The molecule has 0 spiro atoms. The molecule has 0 saturated carbocycles. The van der Waals surface area contributed by atoms with Crippen LogP contribution in [0.4, 0.5) is 0 Å². The third-order valence-corrected chi connectivity index (χ3v) is 2.99. The molecular weight excluding hydrogens is 240 g/mol. The number of aromatic amines is 1. The summed E-state index contributed by atoms with van der Waals surface area (Å²) in [5, 5.41) is 12.6. The van der Waals surface area contributed by atoms with Crippen molar-refractivity contribution < 1.29 is 9.90 Å². The Balaban J connectivity index is 2.16. The van der Waals surface area contributed by atoms with Crippen LogP contribution in [0.15, 0.2) is 24.4 Å². The molecule has 0 aliphatic rings. The van der Waals surface area contributed by atoms with E-state index in [1.54, 1.807) is 18.3 Å². The molecule has 17 heavy (non-hydrogen) atoms. The van der Waals surface area contributed by atoms with Crippen LogP contribution in [0.2, 0.25) is 0 Å². The van der Waals surface area contributed by atoms with E-state index in [9.17, 15) is 4.79 Å². The lowest BCUT2D eigenvalue weighted by Crippen LogP contribution is -1.94. The van der Waals surface area contributed by atoms with Gasteiger partial charge in [-0.2, -0.15) is 0 Å². The molecule has 0 unspecified atom stereocenters. The van der Waals surface area contributed by atoms with Crippen LogP contribution in [0, 0.1) is 0 Å². The van der Waals surface area contributed by atoms with Crippen LogP contribution in [0.5, 0.6) is 0 Å². The van der Waals surface area contributed by atoms with E-state index < -0.39 is 5.97 Å². The van der Waals surface area contributed by atoms with Gasteiger partial charge < -0.3 is 10.1 Å². The molecule has 2 N–H and O–H groups in total. The number of benzene rings is 1. The summed E-state index contributed by atoms with van der Waals surface area (Å²) in [6.45, 7) is 0. The van der Waals surface area contributed by atoms with E-state index in [1.165, 1.54) is 17.6 Å². The molecule has 0 amide bonds. The first-order chi connectivity index (χ1) is 8.24. The van der Waals surface area contributed by atoms with Gasteiger partial charge >= 0.3 is 5.97 Å². The highest BCUT2D eigenvalue weighted by Crippen LogP contribution is 2.22. The van der Waals surface area contributed by atoms with E-state index in [-0.39, 0.29) is 5.56 Å². The Hall–Kier alpha value is -2.28. The van der Waals surface area contributed by atoms with Crippen LogP contribution >= 0.6 is 11.5 Å². The number of rotatable bonds is 2. The first-order valence-corrected chi connectivity index (χ1v) is 5.52. The summed E-state index contributed by atoms with van der Waals surface area (Å²) in [4.78, 5) is 19.0. The molecule has 0 bridgehead atoms. The summed E-state index contributed by atoms with van der Waals surface area (Å²) in [6, 6.07) is 4.76. The quantitative estimate of drug-likeness (QED) is 0.719. The van der Waals surface area contributed by atoms with Crippen molar-refractivity contribution in [2.75, 3.05) is 0 Å². The highest BCUT2D eigenvalue weighted by atomic mass is 32.1. The van der Waals surface area contributed by atoms with E-state index in [1.807, 2.05) is 0 Å². The number of imidazole rings is 1. The summed E-state index contributed by atoms with van der Waals surface area (Å²) >= 11 is 1.23. The van der Waals surface area contributed by atoms with Gasteiger partial charge in [-0.25, -0.2) is 9.78 Å².